The van der Waals surface area contributed by atoms with E-state index in [0.717, 1.165) is 6.42 Å². The Labute approximate surface area is 63.1 Å². The summed E-state index contributed by atoms with van der Waals surface area (Å²) in [5.41, 5.74) is 1.50. The van der Waals surface area contributed by atoms with Gasteiger partial charge < -0.3 is 4.74 Å². The first-order chi connectivity index (χ1) is 4.74. The first-order valence-electron chi connectivity index (χ1n) is 4.09. The van der Waals surface area contributed by atoms with E-state index in [1.165, 1.54) is 24.2 Å². The van der Waals surface area contributed by atoms with Gasteiger partial charge in [0.05, 0.1) is 11.9 Å². The van der Waals surface area contributed by atoms with Gasteiger partial charge in [0, 0.05) is 0 Å². The molecule has 0 aromatic rings. The molecule has 0 saturated heterocycles. The molecule has 1 aliphatic rings. The van der Waals surface area contributed by atoms with Gasteiger partial charge in [-0.05, 0) is 38.7 Å². The number of rotatable bonds is 1. The summed E-state index contributed by atoms with van der Waals surface area (Å²) in [7, 11) is 0. The van der Waals surface area contributed by atoms with Gasteiger partial charge >= 0.3 is 0 Å². The predicted molar refractivity (Wildman–Crippen MR) is 42.8 cm³/mol. The van der Waals surface area contributed by atoms with Crippen molar-refractivity contribution in [2.75, 3.05) is 0 Å². The van der Waals surface area contributed by atoms with Crippen molar-refractivity contribution < 1.29 is 4.74 Å². The largest absolute Gasteiger partial charge is 0.495 e. The normalized spacial score (nSPS) is 26.5. The highest BCUT2D eigenvalue weighted by molar-refractivity contribution is 5.08. The van der Waals surface area contributed by atoms with Crippen LogP contribution < -0.4 is 0 Å². The molecule has 1 nitrogen and oxygen atoms in total. The second kappa shape index (κ2) is 3.09. The van der Waals surface area contributed by atoms with Gasteiger partial charge in [-0.3, -0.25) is 0 Å². The molecule has 0 spiro atoms. The first kappa shape index (κ1) is 7.64. The second-order valence-corrected chi connectivity index (χ2v) is 2.98. The Morgan fingerprint density at radius 1 is 1.60 bits per heavy atom. The smallest absolute Gasteiger partial charge is 0.0957 e. The van der Waals surface area contributed by atoms with Crippen LogP contribution in [0.4, 0.5) is 0 Å². The lowest BCUT2D eigenvalue weighted by atomic mass is 10.0. The molecule has 1 heteroatoms. The Kier molecular flexibility index (Phi) is 2.36. The predicted octanol–water partition coefficient (Wildman–Crippen LogP) is 2.87. The first-order valence-corrected chi connectivity index (χ1v) is 4.09. The number of allylic oxidation sites excluding steroid dienone is 2. The SMILES string of the molecule is CCC1=C(C)O[C@@H](C)CC1. The van der Waals surface area contributed by atoms with Crippen molar-refractivity contribution in [1.82, 2.24) is 0 Å². The Bertz CT molecular complexity index is 147. The summed E-state index contributed by atoms with van der Waals surface area (Å²) in [5, 5.41) is 0. The lowest BCUT2D eigenvalue weighted by Crippen LogP contribution is -2.13. The maximum atomic E-state index is 5.57. The molecule has 0 aromatic heterocycles. The van der Waals surface area contributed by atoms with E-state index in [4.69, 9.17) is 4.74 Å². The molecule has 0 amide bonds. The zero-order valence-electron chi connectivity index (χ0n) is 7.11. The highest BCUT2D eigenvalue weighted by Gasteiger charge is 2.13. The van der Waals surface area contributed by atoms with Crippen molar-refractivity contribution in [3.8, 4) is 0 Å². The van der Waals surface area contributed by atoms with Crippen LogP contribution in [0, 0.1) is 0 Å². The molecule has 58 valence electrons. The van der Waals surface area contributed by atoms with E-state index in [1.54, 1.807) is 0 Å². The van der Waals surface area contributed by atoms with Crippen LogP contribution in [-0.2, 0) is 4.74 Å². The molecule has 0 saturated carbocycles. The average Bonchev–Trinajstić information content (AvgIpc) is 1.88. The van der Waals surface area contributed by atoms with Crippen molar-refractivity contribution in [2.24, 2.45) is 0 Å². The minimum atomic E-state index is 0.440. The van der Waals surface area contributed by atoms with Gasteiger partial charge in [-0.15, -0.1) is 0 Å². The zero-order valence-corrected chi connectivity index (χ0v) is 7.11. The fourth-order valence-corrected chi connectivity index (χ4v) is 1.42. The minimum Gasteiger partial charge on any atom is -0.495 e. The third-order valence-electron chi connectivity index (χ3n) is 2.16. The van der Waals surface area contributed by atoms with Gasteiger partial charge in [-0.25, -0.2) is 0 Å². The Morgan fingerprint density at radius 2 is 2.30 bits per heavy atom. The summed E-state index contributed by atoms with van der Waals surface area (Å²) in [4.78, 5) is 0. The quantitative estimate of drug-likeness (QED) is 0.544. The molecule has 0 unspecified atom stereocenters. The molecule has 0 fully saturated rings. The van der Waals surface area contributed by atoms with Gasteiger partial charge in [-0.1, -0.05) is 6.92 Å². The molecule has 0 radical (unpaired) electrons. The van der Waals surface area contributed by atoms with Crippen molar-refractivity contribution in [1.29, 1.82) is 0 Å². The van der Waals surface area contributed by atoms with E-state index < -0.39 is 0 Å². The molecular weight excluding hydrogens is 124 g/mol. The van der Waals surface area contributed by atoms with Crippen LogP contribution in [0.3, 0.4) is 0 Å². The van der Waals surface area contributed by atoms with E-state index in [1.807, 2.05) is 0 Å². The highest BCUT2D eigenvalue weighted by atomic mass is 16.5. The van der Waals surface area contributed by atoms with Crippen LogP contribution in [-0.4, -0.2) is 6.10 Å². The third kappa shape index (κ3) is 1.53. The van der Waals surface area contributed by atoms with Crippen molar-refractivity contribution in [3.05, 3.63) is 11.3 Å². The fraction of sp³-hybridized carbons (Fsp3) is 0.778. The molecule has 0 N–H and O–H groups in total. The van der Waals surface area contributed by atoms with Gasteiger partial charge in [0.2, 0.25) is 0 Å². The summed E-state index contributed by atoms with van der Waals surface area (Å²) in [6.07, 6.45) is 4.03. The molecule has 1 rings (SSSR count). The highest BCUT2D eigenvalue weighted by Crippen LogP contribution is 2.24. The fourth-order valence-electron chi connectivity index (χ4n) is 1.42. The molecule has 0 bridgehead atoms. The summed E-state index contributed by atoms with van der Waals surface area (Å²) in [5.74, 6) is 1.17. The topological polar surface area (TPSA) is 9.23 Å². The Morgan fingerprint density at radius 3 is 2.80 bits per heavy atom. The number of hydrogen-bond acceptors (Lipinski definition) is 1. The van der Waals surface area contributed by atoms with Crippen LogP contribution >= 0.6 is 0 Å². The average molecular weight is 140 g/mol. The molecule has 0 aromatic carbocycles. The monoisotopic (exact) mass is 140 g/mol. The van der Waals surface area contributed by atoms with E-state index in [2.05, 4.69) is 20.8 Å². The van der Waals surface area contributed by atoms with Gasteiger partial charge in [0.15, 0.2) is 0 Å². The van der Waals surface area contributed by atoms with Crippen LogP contribution in [0.2, 0.25) is 0 Å². The standard InChI is InChI=1S/C9H16O/c1-4-9-6-5-7(2)10-8(9)3/h7H,4-6H2,1-3H3/t7-/m0/s1. The van der Waals surface area contributed by atoms with Gasteiger partial charge in [0.25, 0.3) is 0 Å². The van der Waals surface area contributed by atoms with Gasteiger partial charge in [-0.2, -0.15) is 0 Å². The van der Waals surface area contributed by atoms with Crippen molar-refractivity contribution in [3.63, 3.8) is 0 Å². The zero-order chi connectivity index (χ0) is 7.56. The van der Waals surface area contributed by atoms with Crippen LogP contribution in [0.25, 0.3) is 0 Å². The lowest BCUT2D eigenvalue weighted by molar-refractivity contribution is 0.106. The van der Waals surface area contributed by atoms with E-state index in [0.29, 0.717) is 6.10 Å². The molecular formula is C9H16O. The van der Waals surface area contributed by atoms with Crippen LogP contribution in [0.1, 0.15) is 40.0 Å². The molecule has 10 heavy (non-hydrogen) atoms. The summed E-state index contributed by atoms with van der Waals surface area (Å²) in [6.45, 7) is 6.41. The summed E-state index contributed by atoms with van der Waals surface area (Å²) >= 11 is 0. The van der Waals surface area contributed by atoms with Crippen LogP contribution in [0.5, 0.6) is 0 Å². The Balaban J connectivity index is 2.61. The lowest BCUT2D eigenvalue weighted by Gasteiger charge is -2.23. The second-order valence-electron chi connectivity index (χ2n) is 2.98. The minimum absolute atomic E-state index is 0.440. The molecule has 0 aliphatic carbocycles. The van der Waals surface area contributed by atoms with Crippen LogP contribution in [0.15, 0.2) is 11.3 Å². The van der Waals surface area contributed by atoms with E-state index in [9.17, 15) is 0 Å². The maximum Gasteiger partial charge on any atom is 0.0957 e. The third-order valence-corrected chi connectivity index (χ3v) is 2.16. The van der Waals surface area contributed by atoms with E-state index >= 15 is 0 Å². The van der Waals surface area contributed by atoms with E-state index in [-0.39, 0.29) is 0 Å². The Hall–Kier alpha value is -0.460. The van der Waals surface area contributed by atoms with Crippen molar-refractivity contribution >= 4 is 0 Å². The van der Waals surface area contributed by atoms with Gasteiger partial charge in [0.1, 0.15) is 0 Å². The number of ether oxygens (including phenoxy) is 1. The summed E-state index contributed by atoms with van der Waals surface area (Å²) in [6, 6.07) is 0. The molecule has 1 heterocycles. The maximum absolute atomic E-state index is 5.57. The molecule has 1 aliphatic heterocycles. The summed E-state index contributed by atoms with van der Waals surface area (Å²) < 4.78 is 5.57. The molecule has 1 atom stereocenters. The van der Waals surface area contributed by atoms with Crippen molar-refractivity contribution in [2.45, 2.75) is 46.1 Å². The number of hydrogen-bond donors (Lipinski definition) is 0.